The molecule has 0 N–H and O–H groups in total. The van der Waals surface area contributed by atoms with Gasteiger partial charge in [0.1, 0.15) is 0 Å². The topological polar surface area (TPSA) is 0 Å². The standard InChI is InChI=1S/C9H21Si/c1-3-5-6-7-9-10-8-4-2/h9H,3-8,10H2,1-2H3. The van der Waals surface area contributed by atoms with Gasteiger partial charge in [0.2, 0.25) is 0 Å². The second-order valence-corrected chi connectivity index (χ2v) is 4.79. The number of hydrogen-bond donors (Lipinski definition) is 0. The molecule has 0 aliphatic heterocycles. The van der Waals surface area contributed by atoms with E-state index >= 15 is 0 Å². The van der Waals surface area contributed by atoms with E-state index in [9.17, 15) is 0 Å². The summed E-state index contributed by atoms with van der Waals surface area (Å²) in [6.45, 7) is 4.55. The van der Waals surface area contributed by atoms with Crippen LogP contribution in [0.4, 0.5) is 0 Å². The summed E-state index contributed by atoms with van der Waals surface area (Å²) < 4.78 is 0. The minimum Gasteiger partial charge on any atom is -0.0657 e. The molecule has 0 atom stereocenters. The molecule has 0 aliphatic rings. The van der Waals surface area contributed by atoms with Gasteiger partial charge < -0.3 is 0 Å². The van der Waals surface area contributed by atoms with Crippen molar-refractivity contribution in [3.8, 4) is 0 Å². The van der Waals surface area contributed by atoms with Crippen molar-refractivity contribution in [3.05, 3.63) is 6.04 Å². The van der Waals surface area contributed by atoms with Gasteiger partial charge in [-0.15, -0.1) is 0 Å². The van der Waals surface area contributed by atoms with Crippen molar-refractivity contribution >= 4 is 9.52 Å². The maximum atomic E-state index is 2.58. The third-order valence-electron chi connectivity index (χ3n) is 1.77. The third-order valence-corrected chi connectivity index (χ3v) is 3.71. The number of hydrogen-bond acceptors (Lipinski definition) is 0. The van der Waals surface area contributed by atoms with E-state index in [2.05, 4.69) is 19.9 Å². The fraction of sp³-hybridized carbons (Fsp3) is 0.889. The van der Waals surface area contributed by atoms with Crippen LogP contribution in [0.15, 0.2) is 0 Å². The third kappa shape index (κ3) is 8.22. The van der Waals surface area contributed by atoms with Crippen LogP contribution in [-0.2, 0) is 0 Å². The molecule has 10 heavy (non-hydrogen) atoms. The predicted octanol–water partition coefficient (Wildman–Crippen LogP) is 2.73. The van der Waals surface area contributed by atoms with Crippen molar-refractivity contribution in [2.75, 3.05) is 0 Å². The molecule has 0 nitrogen and oxygen atoms in total. The van der Waals surface area contributed by atoms with Gasteiger partial charge in [-0.1, -0.05) is 58.0 Å². The zero-order valence-corrected chi connectivity index (χ0v) is 8.94. The van der Waals surface area contributed by atoms with E-state index in [4.69, 9.17) is 0 Å². The average molecular weight is 157 g/mol. The monoisotopic (exact) mass is 157 g/mol. The summed E-state index contributed by atoms with van der Waals surface area (Å²) in [6, 6.07) is 4.10. The van der Waals surface area contributed by atoms with Crippen molar-refractivity contribution in [1.82, 2.24) is 0 Å². The zero-order chi connectivity index (χ0) is 7.66. The van der Waals surface area contributed by atoms with E-state index in [1.54, 1.807) is 0 Å². The molecule has 1 radical (unpaired) electrons. The lowest BCUT2D eigenvalue weighted by molar-refractivity contribution is 0.722. The molecule has 0 aromatic carbocycles. The average Bonchev–Trinajstić information content (AvgIpc) is 1.97. The molecule has 0 saturated carbocycles. The first kappa shape index (κ1) is 10.2. The maximum absolute atomic E-state index is 2.58. The Hall–Kier alpha value is 0.217. The molecule has 0 aromatic heterocycles. The van der Waals surface area contributed by atoms with Crippen LogP contribution >= 0.6 is 0 Å². The summed E-state index contributed by atoms with van der Waals surface area (Å²) >= 11 is 0. The highest BCUT2D eigenvalue weighted by Gasteiger charge is 1.88. The van der Waals surface area contributed by atoms with E-state index in [1.807, 2.05) is 0 Å². The van der Waals surface area contributed by atoms with Crippen LogP contribution in [0.2, 0.25) is 6.04 Å². The van der Waals surface area contributed by atoms with Crippen LogP contribution in [0, 0.1) is 6.04 Å². The molecule has 0 unspecified atom stereocenters. The summed E-state index contributed by atoms with van der Waals surface area (Å²) in [7, 11) is 0.258. The van der Waals surface area contributed by atoms with Gasteiger partial charge in [0.05, 0.1) is 0 Å². The highest BCUT2D eigenvalue weighted by molar-refractivity contribution is 6.39. The SMILES string of the molecule is CCCCC[CH][SiH2]CCC. The molecule has 0 rings (SSSR count). The first-order valence-electron chi connectivity index (χ1n) is 4.73. The maximum Gasteiger partial charge on any atom is 0.0231 e. The molecule has 0 fully saturated rings. The molecule has 0 amide bonds. The van der Waals surface area contributed by atoms with Gasteiger partial charge in [-0.3, -0.25) is 0 Å². The van der Waals surface area contributed by atoms with Crippen molar-refractivity contribution in [3.63, 3.8) is 0 Å². The fourth-order valence-corrected chi connectivity index (χ4v) is 2.31. The Morgan fingerprint density at radius 2 is 1.90 bits per heavy atom. The Kier molecular flexibility index (Phi) is 9.42. The van der Waals surface area contributed by atoms with Gasteiger partial charge in [0, 0.05) is 9.52 Å². The molecule has 0 saturated heterocycles. The van der Waals surface area contributed by atoms with E-state index in [0.717, 1.165) is 0 Å². The van der Waals surface area contributed by atoms with E-state index in [-0.39, 0.29) is 9.52 Å². The second-order valence-electron chi connectivity index (χ2n) is 2.93. The highest BCUT2D eigenvalue weighted by Crippen LogP contribution is 2.01. The van der Waals surface area contributed by atoms with Gasteiger partial charge in [0.15, 0.2) is 0 Å². The minimum atomic E-state index is 0.258. The molecule has 61 valence electrons. The number of rotatable bonds is 7. The van der Waals surface area contributed by atoms with Crippen molar-refractivity contribution in [2.45, 2.75) is 52.0 Å². The molecule has 0 heterocycles. The summed E-state index contributed by atoms with van der Waals surface area (Å²) in [5, 5.41) is 0. The lowest BCUT2D eigenvalue weighted by Crippen LogP contribution is -1.90. The van der Waals surface area contributed by atoms with Crippen molar-refractivity contribution in [1.29, 1.82) is 0 Å². The fourth-order valence-electron chi connectivity index (χ4n) is 1.03. The molecular weight excluding hydrogens is 136 g/mol. The van der Waals surface area contributed by atoms with Crippen LogP contribution in [0.1, 0.15) is 46.0 Å². The van der Waals surface area contributed by atoms with Gasteiger partial charge in [-0.05, 0) is 0 Å². The van der Waals surface area contributed by atoms with Crippen LogP contribution in [0.3, 0.4) is 0 Å². The lowest BCUT2D eigenvalue weighted by Gasteiger charge is -1.96. The normalized spacial score (nSPS) is 11.4. The Morgan fingerprint density at radius 3 is 2.50 bits per heavy atom. The van der Waals surface area contributed by atoms with Crippen LogP contribution in [0.5, 0.6) is 0 Å². The summed E-state index contributed by atoms with van der Waals surface area (Å²) in [4.78, 5) is 0. The van der Waals surface area contributed by atoms with Crippen molar-refractivity contribution < 1.29 is 0 Å². The molecule has 0 aromatic rings. The number of unbranched alkanes of at least 4 members (excludes halogenated alkanes) is 3. The Morgan fingerprint density at radius 1 is 1.10 bits per heavy atom. The van der Waals surface area contributed by atoms with Crippen LogP contribution in [-0.4, -0.2) is 9.52 Å². The Bertz CT molecular complexity index is 44.7. The largest absolute Gasteiger partial charge is 0.0657 e. The summed E-state index contributed by atoms with van der Waals surface area (Å²) in [5.41, 5.74) is 0. The molecule has 1 heteroatoms. The summed E-state index contributed by atoms with van der Waals surface area (Å²) in [6.07, 6.45) is 7.03. The molecular formula is C9H21Si. The first-order chi connectivity index (χ1) is 4.91. The van der Waals surface area contributed by atoms with E-state index in [1.165, 1.54) is 38.1 Å². The minimum absolute atomic E-state index is 0.258. The van der Waals surface area contributed by atoms with E-state index < -0.39 is 0 Å². The van der Waals surface area contributed by atoms with Gasteiger partial charge in [0.25, 0.3) is 0 Å². The quantitative estimate of drug-likeness (QED) is 0.394. The van der Waals surface area contributed by atoms with Gasteiger partial charge in [-0.2, -0.15) is 0 Å². The van der Waals surface area contributed by atoms with Gasteiger partial charge >= 0.3 is 0 Å². The van der Waals surface area contributed by atoms with Crippen LogP contribution in [0.25, 0.3) is 0 Å². The first-order valence-corrected chi connectivity index (χ1v) is 6.55. The van der Waals surface area contributed by atoms with Gasteiger partial charge in [-0.25, -0.2) is 0 Å². The highest BCUT2D eigenvalue weighted by atomic mass is 28.2. The zero-order valence-electron chi connectivity index (χ0n) is 7.53. The Labute approximate surface area is 68.2 Å². The lowest BCUT2D eigenvalue weighted by atomic mass is 10.2. The predicted molar refractivity (Wildman–Crippen MR) is 52.1 cm³/mol. The molecule has 0 bridgehead atoms. The Balaban J connectivity index is 2.65. The second kappa shape index (κ2) is 9.22. The molecule has 0 aliphatic carbocycles. The smallest absolute Gasteiger partial charge is 0.0231 e. The van der Waals surface area contributed by atoms with E-state index in [0.29, 0.717) is 0 Å². The summed E-state index contributed by atoms with van der Waals surface area (Å²) in [5.74, 6) is 0. The van der Waals surface area contributed by atoms with Crippen molar-refractivity contribution in [2.24, 2.45) is 0 Å². The van der Waals surface area contributed by atoms with Crippen LogP contribution < -0.4 is 0 Å². The molecule has 0 spiro atoms.